The lowest BCUT2D eigenvalue weighted by Crippen LogP contribution is -2.45. The first-order valence-electron chi connectivity index (χ1n) is 15.5. The molecule has 0 unspecified atom stereocenters. The number of aliphatic carboxylic acids is 1. The molecule has 0 aromatic heterocycles. The highest BCUT2D eigenvalue weighted by Crippen LogP contribution is 2.44. The largest absolute Gasteiger partial charge is 0.481 e. The van der Waals surface area contributed by atoms with E-state index in [0.717, 1.165) is 47.2 Å². The summed E-state index contributed by atoms with van der Waals surface area (Å²) < 4.78 is 23.3. The zero-order valence-corrected chi connectivity index (χ0v) is 25.9. The smallest absolute Gasteiger partial charge is 0.308 e. The number of carboxylic acid groups (broad SMARTS) is 1. The molecule has 10 nitrogen and oxygen atoms in total. The minimum absolute atomic E-state index is 0.0627. The third kappa shape index (κ3) is 7.36. The van der Waals surface area contributed by atoms with E-state index >= 15 is 0 Å². The standard InChI is InChI=1S/C33H45N3O7/c1-5-6-15-34(16-8-17-36(2,3)4)30(37)20-35-19-25(24-12-14-27-29(18-24)42-21-40-27)31(33(38)39)26(35)13-11-23-9-7-10-28-32(23)43-22-41-28/h7,9-10,12,14,18,25-26,31H,5-6,8,11,13,15-17,19-22H2,1-4H3/p+1/t25-,26+,31-/m1/s1. The van der Waals surface area contributed by atoms with Crippen LogP contribution in [0.1, 0.15) is 49.7 Å². The van der Waals surface area contributed by atoms with Crippen LogP contribution in [0.25, 0.3) is 0 Å². The fourth-order valence-electron chi connectivity index (χ4n) is 6.54. The van der Waals surface area contributed by atoms with Crippen molar-refractivity contribution in [3.05, 3.63) is 47.5 Å². The Hall–Kier alpha value is -3.50. The lowest BCUT2D eigenvalue weighted by molar-refractivity contribution is -0.870. The molecule has 0 spiro atoms. The van der Waals surface area contributed by atoms with Crippen LogP contribution in [0.15, 0.2) is 36.4 Å². The van der Waals surface area contributed by atoms with E-state index in [1.54, 1.807) is 0 Å². The van der Waals surface area contributed by atoms with Gasteiger partial charge in [-0.2, -0.15) is 0 Å². The predicted molar refractivity (Wildman–Crippen MR) is 162 cm³/mol. The summed E-state index contributed by atoms with van der Waals surface area (Å²) in [7, 11) is 6.48. The van der Waals surface area contributed by atoms with Crippen LogP contribution in [-0.2, 0) is 16.0 Å². The van der Waals surface area contributed by atoms with Crippen molar-refractivity contribution in [2.45, 2.75) is 51.0 Å². The van der Waals surface area contributed by atoms with Gasteiger partial charge in [0, 0.05) is 38.0 Å². The van der Waals surface area contributed by atoms with Gasteiger partial charge in [-0.15, -0.1) is 0 Å². The minimum atomic E-state index is -0.855. The highest BCUT2D eigenvalue weighted by molar-refractivity contribution is 5.79. The molecular weight excluding hydrogens is 550 g/mol. The van der Waals surface area contributed by atoms with Gasteiger partial charge in [-0.3, -0.25) is 14.5 Å². The average molecular weight is 597 g/mol. The summed E-state index contributed by atoms with van der Waals surface area (Å²) in [6, 6.07) is 11.2. The molecule has 3 heterocycles. The summed E-state index contributed by atoms with van der Waals surface area (Å²) in [6.07, 6.45) is 4.05. The van der Waals surface area contributed by atoms with Crippen molar-refractivity contribution in [3.63, 3.8) is 0 Å². The van der Waals surface area contributed by atoms with E-state index in [1.165, 1.54) is 0 Å². The average Bonchev–Trinajstić information content (AvgIpc) is 3.71. The number of amides is 1. The highest BCUT2D eigenvalue weighted by atomic mass is 16.7. The second kappa shape index (κ2) is 13.4. The molecular formula is C33H46N3O7+. The van der Waals surface area contributed by atoms with E-state index in [9.17, 15) is 14.7 Å². The molecule has 3 atom stereocenters. The summed E-state index contributed by atoms with van der Waals surface area (Å²) in [5.74, 6) is 0.955. The number of para-hydroxylation sites is 1. The monoisotopic (exact) mass is 596 g/mol. The quantitative estimate of drug-likeness (QED) is 0.328. The normalized spacial score (nSPS) is 20.9. The number of quaternary nitrogens is 1. The van der Waals surface area contributed by atoms with Gasteiger partial charge in [0.2, 0.25) is 19.5 Å². The van der Waals surface area contributed by atoms with E-state index in [-0.39, 0.29) is 38.0 Å². The molecule has 0 aliphatic carbocycles. The van der Waals surface area contributed by atoms with Crippen molar-refractivity contribution in [1.82, 2.24) is 9.80 Å². The Labute approximate surface area is 254 Å². The number of hydrogen-bond acceptors (Lipinski definition) is 7. The third-order valence-corrected chi connectivity index (χ3v) is 8.78. The molecule has 0 saturated carbocycles. The van der Waals surface area contributed by atoms with Gasteiger partial charge in [-0.25, -0.2) is 0 Å². The number of likely N-dealkylation sites (tertiary alicyclic amines) is 1. The maximum atomic E-state index is 13.9. The van der Waals surface area contributed by atoms with E-state index in [0.29, 0.717) is 49.7 Å². The number of hydrogen-bond donors (Lipinski definition) is 1. The molecule has 1 amide bonds. The maximum Gasteiger partial charge on any atom is 0.308 e. The van der Waals surface area contributed by atoms with Crippen molar-refractivity contribution in [1.29, 1.82) is 0 Å². The Kier molecular flexibility index (Phi) is 9.66. The fraction of sp³-hybridized carbons (Fsp3) is 0.576. The molecule has 1 N–H and O–H groups in total. The lowest BCUT2D eigenvalue weighted by Gasteiger charge is -2.31. The molecule has 3 aliphatic rings. The van der Waals surface area contributed by atoms with Crippen LogP contribution in [0.3, 0.4) is 0 Å². The van der Waals surface area contributed by atoms with Crippen molar-refractivity contribution in [2.24, 2.45) is 5.92 Å². The Bertz CT molecular complexity index is 1290. The fourth-order valence-corrected chi connectivity index (χ4v) is 6.54. The SMILES string of the molecule is CCCCN(CCC[N+](C)(C)C)C(=O)CN1C[C@H](c2ccc3c(c2)OCO3)[C@@H](C(=O)O)[C@@H]1CCc1cccc2c1OCO2. The van der Waals surface area contributed by atoms with E-state index in [4.69, 9.17) is 18.9 Å². The topological polar surface area (TPSA) is 97.8 Å². The van der Waals surface area contributed by atoms with Gasteiger partial charge in [0.25, 0.3) is 0 Å². The van der Waals surface area contributed by atoms with Crippen molar-refractivity contribution < 1.29 is 38.1 Å². The second-order valence-electron chi connectivity index (χ2n) is 12.9. The van der Waals surface area contributed by atoms with Crippen LogP contribution in [0.4, 0.5) is 0 Å². The van der Waals surface area contributed by atoms with Gasteiger partial charge in [0.05, 0.1) is 40.2 Å². The van der Waals surface area contributed by atoms with Gasteiger partial charge in [-0.1, -0.05) is 31.5 Å². The molecule has 10 heteroatoms. The predicted octanol–water partition coefficient (Wildman–Crippen LogP) is 3.97. The van der Waals surface area contributed by atoms with E-state index in [1.807, 2.05) is 41.3 Å². The summed E-state index contributed by atoms with van der Waals surface area (Å²) >= 11 is 0. The molecule has 1 saturated heterocycles. The first kappa shape index (κ1) is 30.9. The molecule has 5 rings (SSSR count). The van der Waals surface area contributed by atoms with Crippen molar-refractivity contribution in [3.8, 4) is 23.0 Å². The van der Waals surface area contributed by atoms with Crippen LogP contribution in [0, 0.1) is 5.92 Å². The van der Waals surface area contributed by atoms with Gasteiger partial charge >= 0.3 is 5.97 Å². The van der Waals surface area contributed by atoms with Gasteiger partial charge in [0.1, 0.15) is 0 Å². The zero-order valence-electron chi connectivity index (χ0n) is 25.9. The number of benzene rings is 2. The second-order valence-corrected chi connectivity index (χ2v) is 12.9. The van der Waals surface area contributed by atoms with Crippen LogP contribution >= 0.6 is 0 Å². The molecule has 2 aromatic carbocycles. The number of rotatable bonds is 14. The summed E-state index contributed by atoms with van der Waals surface area (Å²) in [4.78, 5) is 30.9. The number of unbranched alkanes of at least 4 members (excludes halogenated alkanes) is 1. The first-order chi connectivity index (χ1) is 20.6. The molecule has 0 bridgehead atoms. The molecule has 2 aromatic rings. The Morgan fingerprint density at radius 2 is 1.72 bits per heavy atom. The number of fused-ring (bicyclic) bond motifs is 2. The van der Waals surface area contributed by atoms with Crippen molar-refractivity contribution >= 4 is 11.9 Å². The number of nitrogens with zero attached hydrogens (tertiary/aromatic N) is 3. The van der Waals surface area contributed by atoms with E-state index in [2.05, 4.69) is 33.0 Å². The number of carboxylic acids is 1. The van der Waals surface area contributed by atoms with Crippen LogP contribution < -0.4 is 18.9 Å². The highest BCUT2D eigenvalue weighted by Gasteiger charge is 2.47. The Balaban J connectivity index is 1.39. The van der Waals surface area contributed by atoms with Crippen LogP contribution in [0.5, 0.6) is 23.0 Å². The van der Waals surface area contributed by atoms with Gasteiger partial charge in [0.15, 0.2) is 23.0 Å². The number of ether oxygens (including phenoxy) is 4. The maximum absolute atomic E-state index is 13.9. The van der Waals surface area contributed by atoms with Crippen molar-refractivity contribution in [2.75, 3.05) is 67.5 Å². The lowest BCUT2D eigenvalue weighted by atomic mass is 9.83. The van der Waals surface area contributed by atoms with Gasteiger partial charge < -0.3 is 33.4 Å². The molecule has 43 heavy (non-hydrogen) atoms. The third-order valence-electron chi connectivity index (χ3n) is 8.78. The molecule has 3 aliphatic heterocycles. The van der Waals surface area contributed by atoms with Crippen LogP contribution in [-0.4, -0.2) is 105 Å². The first-order valence-corrected chi connectivity index (χ1v) is 15.5. The Morgan fingerprint density at radius 1 is 0.977 bits per heavy atom. The number of carbonyl (C=O) groups is 2. The van der Waals surface area contributed by atoms with Crippen LogP contribution in [0.2, 0.25) is 0 Å². The number of carbonyl (C=O) groups excluding carboxylic acids is 1. The molecule has 1 fully saturated rings. The minimum Gasteiger partial charge on any atom is -0.481 e. The number of aryl methyl sites for hydroxylation is 1. The zero-order chi connectivity index (χ0) is 30.6. The molecule has 234 valence electrons. The summed E-state index contributed by atoms with van der Waals surface area (Å²) in [5, 5.41) is 10.6. The van der Waals surface area contributed by atoms with Gasteiger partial charge in [-0.05, 0) is 48.6 Å². The summed E-state index contributed by atoms with van der Waals surface area (Å²) in [5.41, 5.74) is 1.88. The van der Waals surface area contributed by atoms with E-state index < -0.39 is 11.9 Å². The molecule has 0 radical (unpaired) electrons. The summed E-state index contributed by atoms with van der Waals surface area (Å²) in [6.45, 7) is 5.53. The Morgan fingerprint density at radius 3 is 2.49 bits per heavy atom.